The minimum Gasteiger partial charge on any atom is -0.376 e. The molecule has 1 atom stereocenters. The Kier molecular flexibility index (Phi) is 43.4. The average Bonchev–Trinajstić information content (AvgIpc) is 2.47. The van der Waals surface area contributed by atoms with E-state index in [0.29, 0.717) is 6.04 Å². The predicted molar refractivity (Wildman–Crippen MR) is 88.8 cm³/mol. The van der Waals surface area contributed by atoms with Gasteiger partial charge in [0.2, 0.25) is 0 Å². The highest BCUT2D eigenvalue weighted by Crippen LogP contribution is 1.97. The summed E-state index contributed by atoms with van der Waals surface area (Å²) in [6.07, 6.45) is 2.32. The molecule has 0 saturated carbocycles. The van der Waals surface area contributed by atoms with Crippen molar-refractivity contribution >= 4 is 5.84 Å². The SMILES string of the molecule is CC.CC.CC.CCCC(NCC)C(=NC)NC. The molecular weight excluding hydrogens is 222 g/mol. The molecule has 18 heavy (non-hydrogen) atoms. The minimum absolute atomic E-state index is 0.398. The Labute approximate surface area is 117 Å². The van der Waals surface area contributed by atoms with Gasteiger partial charge in [0, 0.05) is 14.1 Å². The largest absolute Gasteiger partial charge is 0.376 e. The molecular formula is C15H39N3. The lowest BCUT2D eigenvalue weighted by Gasteiger charge is -2.18. The van der Waals surface area contributed by atoms with Gasteiger partial charge in [-0.2, -0.15) is 0 Å². The van der Waals surface area contributed by atoms with Crippen LogP contribution in [0.5, 0.6) is 0 Å². The van der Waals surface area contributed by atoms with Crippen LogP contribution in [0.25, 0.3) is 0 Å². The highest BCUT2D eigenvalue weighted by Gasteiger charge is 2.10. The second-order valence-corrected chi connectivity index (χ2v) is 2.76. The monoisotopic (exact) mass is 261 g/mol. The van der Waals surface area contributed by atoms with E-state index in [2.05, 4.69) is 29.5 Å². The van der Waals surface area contributed by atoms with Crippen molar-refractivity contribution in [3.63, 3.8) is 0 Å². The second kappa shape index (κ2) is 29.9. The number of nitrogens with zero attached hydrogens (tertiary/aromatic N) is 1. The van der Waals surface area contributed by atoms with Gasteiger partial charge in [0.25, 0.3) is 0 Å². The first kappa shape index (κ1) is 26.1. The lowest BCUT2D eigenvalue weighted by Crippen LogP contribution is -2.42. The van der Waals surface area contributed by atoms with E-state index in [4.69, 9.17) is 0 Å². The van der Waals surface area contributed by atoms with E-state index in [-0.39, 0.29) is 0 Å². The Morgan fingerprint density at radius 1 is 1.00 bits per heavy atom. The van der Waals surface area contributed by atoms with E-state index < -0.39 is 0 Å². The molecule has 0 saturated heterocycles. The molecule has 0 aliphatic heterocycles. The highest BCUT2D eigenvalue weighted by atomic mass is 15.0. The lowest BCUT2D eigenvalue weighted by molar-refractivity contribution is 0.581. The Balaban J connectivity index is -0.000000141. The van der Waals surface area contributed by atoms with Gasteiger partial charge in [-0.3, -0.25) is 4.99 Å². The summed E-state index contributed by atoms with van der Waals surface area (Å²) >= 11 is 0. The standard InChI is InChI=1S/C9H21N3.3C2H6/c1-5-7-8(12-6-2)9(10-3)11-4;3*1-2/h8,12H,5-7H2,1-4H3,(H,10,11);3*1-2H3. The summed E-state index contributed by atoms with van der Waals surface area (Å²) in [5, 5.41) is 6.50. The molecule has 0 aliphatic carbocycles. The van der Waals surface area contributed by atoms with Crippen molar-refractivity contribution in [1.82, 2.24) is 10.6 Å². The van der Waals surface area contributed by atoms with Crippen LogP contribution in [0.1, 0.15) is 68.2 Å². The first-order valence-electron chi connectivity index (χ1n) is 7.67. The van der Waals surface area contributed by atoms with E-state index in [1.165, 1.54) is 6.42 Å². The molecule has 0 aliphatic rings. The van der Waals surface area contributed by atoms with Crippen LogP contribution in [0.4, 0.5) is 0 Å². The maximum atomic E-state index is 4.19. The molecule has 0 spiro atoms. The number of hydrogen-bond acceptors (Lipinski definition) is 2. The van der Waals surface area contributed by atoms with Crippen LogP contribution in [-0.4, -0.2) is 32.5 Å². The van der Waals surface area contributed by atoms with Gasteiger partial charge in [-0.05, 0) is 13.0 Å². The van der Waals surface area contributed by atoms with E-state index in [1.807, 2.05) is 55.6 Å². The molecule has 2 N–H and O–H groups in total. The molecule has 3 heteroatoms. The predicted octanol–water partition coefficient (Wildman–Crippen LogP) is 4.09. The number of nitrogens with one attached hydrogen (secondary N) is 2. The topological polar surface area (TPSA) is 36.4 Å². The normalized spacial score (nSPS) is 10.7. The van der Waals surface area contributed by atoms with Crippen LogP contribution in [0.3, 0.4) is 0 Å². The van der Waals surface area contributed by atoms with Gasteiger partial charge in [-0.15, -0.1) is 0 Å². The van der Waals surface area contributed by atoms with Crippen molar-refractivity contribution in [2.24, 2.45) is 4.99 Å². The highest BCUT2D eigenvalue weighted by molar-refractivity contribution is 5.87. The number of aliphatic imine (C=N–C) groups is 1. The second-order valence-electron chi connectivity index (χ2n) is 2.76. The molecule has 0 amide bonds. The number of likely N-dealkylation sites (N-methyl/N-ethyl adjacent to an activating group) is 2. The zero-order chi connectivity index (χ0) is 15.4. The summed E-state index contributed by atoms with van der Waals surface area (Å²) in [5.41, 5.74) is 0. The molecule has 0 bridgehead atoms. The summed E-state index contributed by atoms with van der Waals surface area (Å²) in [6.45, 7) is 17.3. The van der Waals surface area contributed by atoms with Gasteiger partial charge in [-0.1, -0.05) is 61.8 Å². The number of rotatable bonds is 5. The average molecular weight is 261 g/mol. The van der Waals surface area contributed by atoms with Crippen LogP contribution in [0, 0.1) is 0 Å². The zero-order valence-corrected chi connectivity index (χ0v) is 14.6. The van der Waals surface area contributed by atoms with Crippen molar-refractivity contribution in [3.05, 3.63) is 0 Å². The molecule has 0 aromatic rings. The third kappa shape index (κ3) is 17.8. The van der Waals surface area contributed by atoms with Gasteiger partial charge in [0.05, 0.1) is 6.04 Å². The van der Waals surface area contributed by atoms with Crippen molar-refractivity contribution < 1.29 is 0 Å². The summed E-state index contributed by atoms with van der Waals surface area (Å²) in [6, 6.07) is 0.398. The number of hydrogen-bond donors (Lipinski definition) is 2. The molecule has 114 valence electrons. The fourth-order valence-corrected chi connectivity index (χ4v) is 1.31. The van der Waals surface area contributed by atoms with Crippen molar-refractivity contribution in [1.29, 1.82) is 0 Å². The van der Waals surface area contributed by atoms with Crippen molar-refractivity contribution in [3.8, 4) is 0 Å². The Bertz CT molecular complexity index is 128. The van der Waals surface area contributed by atoms with Crippen molar-refractivity contribution in [2.45, 2.75) is 74.3 Å². The van der Waals surface area contributed by atoms with Gasteiger partial charge in [0.15, 0.2) is 0 Å². The van der Waals surface area contributed by atoms with E-state index >= 15 is 0 Å². The Morgan fingerprint density at radius 3 is 1.67 bits per heavy atom. The summed E-state index contributed by atoms with van der Waals surface area (Å²) in [4.78, 5) is 4.19. The maximum absolute atomic E-state index is 4.19. The van der Waals surface area contributed by atoms with Gasteiger partial charge >= 0.3 is 0 Å². The molecule has 0 radical (unpaired) electrons. The van der Waals surface area contributed by atoms with Crippen LogP contribution in [-0.2, 0) is 0 Å². The smallest absolute Gasteiger partial charge is 0.113 e. The van der Waals surface area contributed by atoms with Gasteiger partial charge < -0.3 is 10.6 Å². The molecule has 1 unspecified atom stereocenters. The number of amidine groups is 1. The molecule has 0 heterocycles. The zero-order valence-electron chi connectivity index (χ0n) is 14.6. The fourth-order valence-electron chi connectivity index (χ4n) is 1.31. The lowest BCUT2D eigenvalue weighted by atomic mass is 10.1. The molecule has 3 nitrogen and oxygen atoms in total. The van der Waals surface area contributed by atoms with E-state index in [1.54, 1.807) is 0 Å². The molecule has 0 rings (SSSR count). The van der Waals surface area contributed by atoms with E-state index in [9.17, 15) is 0 Å². The van der Waals surface area contributed by atoms with Crippen LogP contribution in [0.2, 0.25) is 0 Å². The van der Waals surface area contributed by atoms with Crippen LogP contribution >= 0.6 is 0 Å². The summed E-state index contributed by atoms with van der Waals surface area (Å²) < 4.78 is 0. The minimum atomic E-state index is 0.398. The Hall–Kier alpha value is -0.570. The molecule has 0 aromatic heterocycles. The fraction of sp³-hybridized carbons (Fsp3) is 0.933. The first-order chi connectivity index (χ1) is 8.79. The third-order valence-corrected chi connectivity index (χ3v) is 1.85. The van der Waals surface area contributed by atoms with Crippen LogP contribution < -0.4 is 10.6 Å². The Morgan fingerprint density at radius 2 is 1.44 bits per heavy atom. The van der Waals surface area contributed by atoms with Crippen molar-refractivity contribution in [2.75, 3.05) is 20.6 Å². The molecule has 0 aromatic carbocycles. The first-order valence-corrected chi connectivity index (χ1v) is 7.67. The molecule has 0 fully saturated rings. The summed E-state index contributed by atoms with van der Waals surface area (Å²) in [5.74, 6) is 1.05. The van der Waals surface area contributed by atoms with Crippen LogP contribution in [0.15, 0.2) is 4.99 Å². The maximum Gasteiger partial charge on any atom is 0.113 e. The van der Waals surface area contributed by atoms with Gasteiger partial charge in [-0.25, -0.2) is 0 Å². The summed E-state index contributed by atoms with van der Waals surface area (Å²) in [7, 11) is 3.74. The van der Waals surface area contributed by atoms with Gasteiger partial charge in [0.1, 0.15) is 5.84 Å². The van der Waals surface area contributed by atoms with E-state index in [0.717, 1.165) is 18.8 Å². The quantitative estimate of drug-likeness (QED) is 0.577. The third-order valence-electron chi connectivity index (χ3n) is 1.85.